The number of aliphatic imine (C=N–C) groups is 1. The Hall–Kier alpha value is -3.75. The molecule has 5 rings (SSSR count). The first-order valence-electron chi connectivity index (χ1n) is 12.5. The number of hydrogen-bond donors (Lipinski definition) is 0. The SMILES string of the molecule is CCOc1cc2c(cc1OC)C(c1cccc(-c3nnn(CC)n3)c1)=N[C@@H]1CC[C@@H](OC(C)=O)C[C@H]21. The van der Waals surface area contributed by atoms with Crippen LogP contribution in [-0.4, -0.2) is 57.8 Å². The molecular formula is C27H31N5O4. The van der Waals surface area contributed by atoms with Crippen LogP contribution in [0.4, 0.5) is 0 Å². The number of rotatable bonds is 7. The molecule has 0 bridgehead atoms. The Bertz CT molecular complexity index is 1300. The molecule has 36 heavy (non-hydrogen) atoms. The number of ether oxygens (including phenoxy) is 3. The van der Waals surface area contributed by atoms with Gasteiger partial charge in [-0.25, -0.2) is 0 Å². The fourth-order valence-corrected chi connectivity index (χ4v) is 5.23. The molecule has 0 spiro atoms. The number of benzene rings is 2. The number of carbonyl (C=O) groups is 1. The average Bonchev–Trinajstić information content (AvgIpc) is 3.37. The smallest absolute Gasteiger partial charge is 0.302 e. The fourth-order valence-electron chi connectivity index (χ4n) is 5.23. The molecule has 1 aliphatic carbocycles. The molecule has 1 saturated carbocycles. The summed E-state index contributed by atoms with van der Waals surface area (Å²) in [6.07, 6.45) is 2.26. The van der Waals surface area contributed by atoms with Crippen LogP contribution in [0.3, 0.4) is 0 Å². The van der Waals surface area contributed by atoms with Crippen molar-refractivity contribution in [2.75, 3.05) is 13.7 Å². The van der Waals surface area contributed by atoms with Crippen molar-refractivity contribution in [3.05, 3.63) is 53.1 Å². The van der Waals surface area contributed by atoms with E-state index in [-0.39, 0.29) is 24.0 Å². The van der Waals surface area contributed by atoms with Crippen LogP contribution in [0, 0.1) is 0 Å². The Morgan fingerprint density at radius 1 is 1.11 bits per heavy atom. The number of aromatic nitrogens is 4. The molecule has 3 atom stereocenters. The summed E-state index contributed by atoms with van der Waals surface area (Å²) < 4.78 is 17.2. The summed E-state index contributed by atoms with van der Waals surface area (Å²) in [6, 6.07) is 12.3. The van der Waals surface area contributed by atoms with Crippen LogP contribution in [0.25, 0.3) is 11.4 Å². The zero-order valence-corrected chi connectivity index (χ0v) is 21.1. The van der Waals surface area contributed by atoms with Crippen molar-refractivity contribution in [2.45, 2.75) is 64.6 Å². The monoisotopic (exact) mass is 489 g/mol. The van der Waals surface area contributed by atoms with Gasteiger partial charge in [0.2, 0.25) is 5.82 Å². The van der Waals surface area contributed by atoms with Crippen LogP contribution in [0.1, 0.15) is 62.6 Å². The van der Waals surface area contributed by atoms with Crippen LogP contribution in [-0.2, 0) is 16.1 Å². The number of tetrazole rings is 1. The number of fused-ring (bicyclic) bond motifs is 3. The third-order valence-electron chi connectivity index (χ3n) is 6.81. The van der Waals surface area contributed by atoms with E-state index in [0.717, 1.165) is 47.2 Å². The molecule has 0 unspecified atom stereocenters. The van der Waals surface area contributed by atoms with Gasteiger partial charge in [0.25, 0.3) is 0 Å². The second-order valence-electron chi connectivity index (χ2n) is 9.10. The lowest BCUT2D eigenvalue weighted by Gasteiger charge is -2.38. The third-order valence-corrected chi connectivity index (χ3v) is 6.81. The van der Waals surface area contributed by atoms with E-state index >= 15 is 0 Å². The maximum atomic E-state index is 11.6. The van der Waals surface area contributed by atoms with E-state index in [9.17, 15) is 4.79 Å². The fraction of sp³-hybridized carbons (Fsp3) is 0.444. The molecule has 9 nitrogen and oxygen atoms in total. The van der Waals surface area contributed by atoms with Gasteiger partial charge in [-0.05, 0) is 62.1 Å². The van der Waals surface area contributed by atoms with Gasteiger partial charge < -0.3 is 14.2 Å². The number of methoxy groups -OCH3 is 1. The summed E-state index contributed by atoms with van der Waals surface area (Å²) in [4.78, 5) is 18.5. The van der Waals surface area contributed by atoms with Gasteiger partial charge in [0.05, 0.1) is 32.0 Å². The normalized spacial score (nSPS) is 20.7. The average molecular weight is 490 g/mol. The first-order chi connectivity index (χ1) is 17.5. The third kappa shape index (κ3) is 4.57. The van der Waals surface area contributed by atoms with Crippen molar-refractivity contribution in [1.82, 2.24) is 20.2 Å². The summed E-state index contributed by atoms with van der Waals surface area (Å²) in [5.41, 5.74) is 4.92. The van der Waals surface area contributed by atoms with E-state index in [1.807, 2.05) is 32.0 Å². The molecule has 1 aliphatic heterocycles. The molecule has 1 fully saturated rings. The lowest BCUT2D eigenvalue weighted by molar-refractivity contribution is -0.148. The Kier molecular flexibility index (Phi) is 6.71. The minimum absolute atomic E-state index is 0.0879. The maximum Gasteiger partial charge on any atom is 0.302 e. The lowest BCUT2D eigenvalue weighted by atomic mass is 9.74. The van der Waals surface area contributed by atoms with Gasteiger partial charge in [-0.15, -0.1) is 10.2 Å². The molecule has 2 aromatic carbocycles. The zero-order valence-electron chi connectivity index (χ0n) is 21.1. The quantitative estimate of drug-likeness (QED) is 0.459. The Labute approximate surface area is 210 Å². The van der Waals surface area contributed by atoms with Crippen molar-refractivity contribution >= 4 is 11.7 Å². The summed E-state index contributed by atoms with van der Waals surface area (Å²) in [6.45, 7) is 6.60. The molecule has 188 valence electrons. The number of esters is 1. The number of hydrogen-bond acceptors (Lipinski definition) is 8. The molecule has 0 N–H and O–H groups in total. The lowest BCUT2D eigenvalue weighted by Crippen LogP contribution is -2.36. The summed E-state index contributed by atoms with van der Waals surface area (Å²) >= 11 is 0. The standard InChI is InChI=1S/C27H31N5O4/c1-5-32-30-27(29-31-32)18-9-7-8-17(12-18)26-22-15-24(34-4)25(35-6-2)14-20(22)21-13-19(36-16(3)33)10-11-23(21)28-26/h7-9,12,14-15,19,21,23H,5-6,10-11,13H2,1-4H3/t19-,21-,23-/m1/s1. The molecular weight excluding hydrogens is 458 g/mol. The van der Waals surface area contributed by atoms with Gasteiger partial charge in [0.1, 0.15) is 6.10 Å². The van der Waals surface area contributed by atoms with Crippen molar-refractivity contribution < 1.29 is 19.0 Å². The van der Waals surface area contributed by atoms with Gasteiger partial charge in [-0.1, -0.05) is 18.2 Å². The highest BCUT2D eigenvalue weighted by molar-refractivity contribution is 6.15. The number of carbonyl (C=O) groups excluding carboxylic acids is 1. The van der Waals surface area contributed by atoms with E-state index in [1.165, 1.54) is 6.92 Å². The minimum atomic E-state index is -0.242. The Balaban J connectivity index is 1.60. The van der Waals surface area contributed by atoms with Crippen molar-refractivity contribution in [1.29, 1.82) is 0 Å². The van der Waals surface area contributed by atoms with E-state index in [0.29, 0.717) is 30.5 Å². The van der Waals surface area contributed by atoms with E-state index in [4.69, 9.17) is 19.2 Å². The molecule has 2 aliphatic rings. The highest BCUT2D eigenvalue weighted by Gasteiger charge is 2.38. The Morgan fingerprint density at radius 3 is 2.67 bits per heavy atom. The molecule has 9 heteroatoms. The first-order valence-corrected chi connectivity index (χ1v) is 12.5. The number of nitrogens with zero attached hydrogens (tertiary/aromatic N) is 5. The van der Waals surface area contributed by atoms with Crippen LogP contribution < -0.4 is 9.47 Å². The minimum Gasteiger partial charge on any atom is -0.493 e. The zero-order chi connectivity index (χ0) is 25.2. The second kappa shape index (κ2) is 10.1. The van der Waals surface area contributed by atoms with Gasteiger partial charge in [0.15, 0.2) is 11.5 Å². The largest absolute Gasteiger partial charge is 0.493 e. The van der Waals surface area contributed by atoms with Gasteiger partial charge >= 0.3 is 5.97 Å². The maximum absolute atomic E-state index is 11.6. The first kappa shape index (κ1) is 24.0. The van der Waals surface area contributed by atoms with E-state index in [2.05, 4.69) is 33.6 Å². The van der Waals surface area contributed by atoms with Crippen LogP contribution in [0.2, 0.25) is 0 Å². The Morgan fingerprint density at radius 2 is 1.94 bits per heavy atom. The summed E-state index contributed by atoms with van der Waals surface area (Å²) in [5.74, 6) is 1.84. The molecule has 0 amide bonds. The second-order valence-corrected chi connectivity index (χ2v) is 9.10. The van der Waals surface area contributed by atoms with E-state index < -0.39 is 0 Å². The van der Waals surface area contributed by atoms with Gasteiger partial charge in [-0.3, -0.25) is 9.79 Å². The highest BCUT2D eigenvalue weighted by Crippen LogP contribution is 2.45. The molecule has 0 saturated heterocycles. The topological polar surface area (TPSA) is 101 Å². The predicted molar refractivity (Wildman–Crippen MR) is 135 cm³/mol. The van der Waals surface area contributed by atoms with Crippen molar-refractivity contribution in [3.8, 4) is 22.9 Å². The van der Waals surface area contributed by atoms with Gasteiger partial charge in [-0.2, -0.15) is 4.80 Å². The molecule has 0 radical (unpaired) electrons. The molecule has 3 aromatic rings. The highest BCUT2D eigenvalue weighted by atomic mass is 16.5. The predicted octanol–water partition coefficient (Wildman–Crippen LogP) is 4.19. The van der Waals surface area contributed by atoms with Crippen LogP contribution >= 0.6 is 0 Å². The summed E-state index contributed by atoms with van der Waals surface area (Å²) in [7, 11) is 1.65. The number of aryl methyl sites for hydroxylation is 1. The molecule has 1 aromatic heterocycles. The van der Waals surface area contributed by atoms with Crippen molar-refractivity contribution in [2.24, 2.45) is 4.99 Å². The van der Waals surface area contributed by atoms with E-state index in [1.54, 1.807) is 11.9 Å². The van der Waals surface area contributed by atoms with Crippen LogP contribution in [0.15, 0.2) is 41.4 Å². The van der Waals surface area contributed by atoms with Crippen molar-refractivity contribution in [3.63, 3.8) is 0 Å². The molecule has 2 heterocycles. The van der Waals surface area contributed by atoms with Gasteiger partial charge in [0, 0.05) is 29.5 Å². The van der Waals surface area contributed by atoms with Crippen LogP contribution in [0.5, 0.6) is 11.5 Å². The summed E-state index contributed by atoms with van der Waals surface area (Å²) in [5, 5.41) is 12.8.